The van der Waals surface area contributed by atoms with Gasteiger partial charge in [-0.15, -0.1) is 0 Å². The Balaban J connectivity index is 1.21. The molecule has 1 amide bonds. The van der Waals surface area contributed by atoms with Gasteiger partial charge in [-0.3, -0.25) is 9.59 Å². The summed E-state index contributed by atoms with van der Waals surface area (Å²) in [7, 11) is -3.99. The molecule has 7 atom stereocenters. The zero-order valence-electron chi connectivity index (χ0n) is 31.8. The molecule has 3 saturated carbocycles. The average molecular weight is 709 g/mol. The van der Waals surface area contributed by atoms with Gasteiger partial charge in [-0.25, -0.2) is 13.1 Å². The van der Waals surface area contributed by atoms with Gasteiger partial charge in [0.2, 0.25) is 5.91 Å². The van der Waals surface area contributed by atoms with Gasteiger partial charge in [0.25, 0.3) is 10.0 Å². The molecule has 6 nitrogen and oxygen atoms in total. The third-order valence-corrected chi connectivity index (χ3v) is 17.4. The lowest BCUT2D eigenvalue weighted by molar-refractivity contribution is -0.166. The SMILES string of the molecule is CC(=O)c1cccc2[nH]c3c(c12)C[C@]1(C)[C@H]2CC=C4[C@@H]5CC(C)(C)CC[C@]5(C(=O)NS(=O)(=O)c5ccccc5)CC[C@@]4(C)[C@]2(C)CC[C@H]1C3(C)C. The number of nitrogens with one attached hydrogen (secondary N) is 2. The maximum atomic E-state index is 14.5. The molecule has 2 N–H and O–H groups in total. The highest BCUT2D eigenvalue weighted by Gasteiger charge is 2.69. The number of allylic oxidation sites excluding steroid dienone is 2. The third-order valence-electron chi connectivity index (χ3n) is 16.0. The largest absolute Gasteiger partial charge is 0.358 e. The first kappa shape index (κ1) is 34.9. The van der Waals surface area contributed by atoms with Gasteiger partial charge in [-0.2, -0.15) is 0 Å². The summed E-state index contributed by atoms with van der Waals surface area (Å²) in [5.41, 5.74) is 5.06. The van der Waals surface area contributed by atoms with Crippen LogP contribution >= 0.6 is 0 Å². The molecule has 0 aliphatic heterocycles. The maximum absolute atomic E-state index is 14.5. The lowest BCUT2D eigenvalue weighted by atomic mass is 9.33. The van der Waals surface area contributed by atoms with Gasteiger partial charge >= 0.3 is 0 Å². The summed E-state index contributed by atoms with van der Waals surface area (Å²) in [6.07, 6.45) is 10.7. The van der Waals surface area contributed by atoms with Gasteiger partial charge in [0.1, 0.15) is 0 Å². The molecule has 0 spiro atoms. The number of carbonyl (C=O) groups excluding carboxylic acids is 2. The number of aromatic amines is 1. The second kappa shape index (κ2) is 10.9. The molecular weight excluding hydrogens is 653 g/mol. The molecule has 5 aliphatic carbocycles. The van der Waals surface area contributed by atoms with Crippen LogP contribution in [0.4, 0.5) is 0 Å². The number of fused-ring (bicyclic) bond motifs is 10. The van der Waals surface area contributed by atoms with Crippen LogP contribution in [0.5, 0.6) is 0 Å². The molecule has 3 fully saturated rings. The number of sulfonamides is 1. The van der Waals surface area contributed by atoms with Gasteiger partial charge < -0.3 is 4.98 Å². The van der Waals surface area contributed by atoms with Crippen molar-refractivity contribution in [1.29, 1.82) is 0 Å². The summed E-state index contributed by atoms with van der Waals surface area (Å²) in [6, 6.07) is 14.4. The van der Waals surface area contributed by atoms with E-state index in [4.69, 9.17) is 0 Å². The molecular formula is C44H56N2O4S. The Kier molecular flexibility index (Phi) is 7.47. The topological polar surface area (TPSA) is 96.1 Å². The fraction of sp³-hybridized carbons (Fsp3) is 0.591. The smallest absolute Gasteiger partial charge is 0.264 e. The first-order valence-corrected chi connectivity index (χ1v) is 20.8. The molecule has 3 aromatic rings. The van der Waals surface area contributed by atoms with Crippen molar-refractivity contribution < 1.29 is 18.0 Å². The van der Waals surface area contributed by atoms with Crippen LogP contribution in [0.3, 0.4) is 0 Å². The molecule has 5 aliphatic rings. The summed E-state index contributed by atoms with van der Waals surface area (Å²) in [4.78, 5) is 31.4. The van der Waals surface area contributed by atoms with E-state index in [9.17, 15) is 18.0 Å². The Morgan fingerprint density at radius 1 is 0.843 bits per heavy atom. The van der Waals surface area contributed by atoms with Crippen molar-refractivity contribution in [1.82, 2.24) is 9.71 Å². The number of amides is 1. The van der Waals surface area contributed by atoms with E-state index < -0.39 is 15.4 Å². The first-order valence-electron chi connectivity index (χ1n) is 19.3. The standard InChI is InChI=1S/C44H56N2O4S/c1-27(47)29-15-12-16-33-36(29)30-25-41(6)34(40(4,5)37(30)45-33)19-20-43(8)35(41)18-17-31-32-26-39(2,3)21-23-44(32,24-22-42(31,43)7)38(48)46-51(49,50)28-13-10-9-11-14-28/h9-17,32,34-35,45H,18-26H2,1-8H3,(H,46,48)/t32-,34-,35+,41-,42+,43+,44-/m0/s1. The molecule has 8 rings (SSSR count). The fourth-order valence-electron chi connectivity index (χ4n) is 13.2. The van der Waals surface area contributed by atoms with Gasteiger partial charge in [0.15, 0.2) is 5.78 Å². The van der Waals surface area contributed by atoms with Crippen LogP contribution in [-0.4, -0.2) is 25.1 Å². The molecule has 1 aromatic heterocycles. The molecule has 2 aromatic carbocycles. The molecule has 0 bridgehead atoms. The number of H-pyrrole nitrogens is 1. The van der Waals surface area contributed by atoms with Crippen molar-refractivity contribution in [2.45, 2.75) is 123 Å². The van der Waals surface area contributed by atoms with E-state index >= 15 is 0 Å². The van der Waals surface area contributed by atoms with E-state index in [0.29, 0.717) is 24.7 Å². The Morgan fingerprint density at radius 2 is 1.55 bits per heavy atom. The number of benzene rings is 2. The number of ketones is 1. The number of rotatable bonds is 4. The van der Waals surface area contributed by atoms with E-state index in [0.717, 1.165) is 61.4 Å². The highest BCUT2D eigenvalue weighted by molar-refractivity contribution is 7.90. The minimum absolute atomic E-state index is 0.00424. The van der Waals surface area contributed by atoms with E-state index in [2.05, 4.69) is 70.3 Å². The van der Waals surface area contributed by atoms with Gasteiger partial charge in [0, 0.05) is 27.6 Å². The zero-order valence-corrected chi connectivity index (χ0v) is 32.6. The van der Waals surface area contributed by atoms with E-state index in [1.54, 1.807) is 37.3 Å². The van der Waals surface area contributed by atoms with Crippen LogP contribution in [0.2, 0.25) is 0 Å². The highest BCUT2D eigenvalue weighted by Crippen LogP contribution is 2.75. The fourth-order valence-corrected chi connectivity index (χ4v) is 14.3. The molecule has 1 heterocycles. The number of carbonyl (C=O) groups is 2. The van der Waals surface area contributed by atoms with Crippen molar-refractivity contribution in [3.8, 4) is 0 Å². The summed E-state index contributed by atoms with van der Waals surface area (Å²) in [5, 5.41) is 1.11. The van der Waals surface area contributed by atoms with Gasteiger partial charge in [0.05, 0.1) is 10.3 Å². The lowest BCUT2D eigenvalue weighted by Gasteiger charge is -2.70. The zero-order chi connectivity index (χ0) is 36.6. The maximum Gasteiger partial charge on any atom is 0.264 e. The molecule has 0 radical (unpaired) electrons. The summed E-state index contributed by atoms with van der Waals surface area (Å²) in [5.74, 6) is 0.694. The Bertz CT molecular complexity index is 2110. The summed E-state index contributed by atoms with van der Waals surface area (Å²) in [6.45, 7) is 18.8. The molecule has 0 unspecified atom stereocenters. The number of hydrogen-bond acceptors (Lipinski definition) is 4. The Labute approximate surface area is 304 Å². The van der Waals surface area contributed by atoms with Crippen LogP contribution in [0.1, 0.15) is 128 Å². The lowest BCUT2D eigenvalue weighted by Crippen LogP contribution is -2.65. The van der Waals surface area contributed by atoms with Crippen LogP contribution in [0, 0.1) is 44.8 Å². The van der Waals surface area contributed by atoms with E-state index in [-0.39, 0.29) is 49.6 Å². The summed E-state index contributed by atoms with van der Waals surface area (Å²) >= 11 is 0. The predicted octanol–water partition coefficient (Wildman–Crippen LogP) is 9.69. The van der Waals surface area contributed by atoms with E-state index in [1.807, 2.05) is 12.1 Å². The van der Waals surface area contributed by atoms with Crippen molar-refractivity contribution in [2.24, 2.45) is 44.8 Å². The molecule has 272 valence electrons. The van der Waals surface area contributed by atoms with E-state index in [1.165, 1.54) is 16.8 Å². The minimum Gasteiger partial charge on any atom is -0.358 e. The van der Waals surface area contributed by atoms with Crippen molar-refractivity contribution in [2.75, 3.05) is 0 Å². The molecule has 0 saturated heterocycles. The van der Waals surface area contributed by atoms with Crippen molar-refractivity contribution >= 4 is 32.6 Å². The quantitative estimate of drug-likeness (QED) is 0.208. The van der Waals surface area contributed by atoms with Crippen LogP contribution in [0.15, 0.2) is 65.1 Å². The number of Topliss-reactive ketones (excluding diaryl/α,β-unsaturated/α-hetero) is 1. The van der Waals surface area contributed by atoms with Crippen molar-refractivity contribution in [3.05, 3.63) is 77.0 Å². The monoisotopic (exact) mass is 708 g/mol. The van der Waals surface area contributed by atoms with Gasteiger partial charge in [-0.1, -0.05) is 90.4 Å². The first-order chi connectivity index (χ1) is 23.8. The molecule has 7 heteroatoms. The van der Waals surface area contributed by atoms with Crippen LogP contribution in [-0.2, 0) is 26.7 Å². The number of aromatic nitrogens is 1. The third kappa shape index (κ3) is 4.67. The number of hydrogen-bond donors (Lipinski definition) is 2. The Morgan fingerprint density at radius 3 is 2.25 bits per heavy atom. The molecule has 51 heavy (non-hydrogen) atoms. The second-order valence-corrected chi connectivity index (χ2v) is 21.0. The van der Waals surface area contributed by atoms with Crippen LogP contribution < -0.4 is 4.72 Å². The predicted molar refractivity (Wildman–Crippen MR) is 203 cm³/mol. The second-order valence-electron chi connectivity index (χ2n) is 19.3. The summed E-state index contributed by atoms with van der Waals surface area (Å²) < 4.78 is 29.7. The van der Waals surface area contributed by atoms with Crippen LogP contribution in [0.25, 0.3) is 10.9 Å². The average Bonchev–Trinajstić information content (AvgIpc) is 3.44. The normalized spacial score (nSPS) is 36.4. The Hall–Kier alpha value is -3.19. The minimum atomic E-state index is -3.99. The van der Waals surface area contributed by atoms with Crippen molar-refractivity contribution in [3.63, 3.8) is 0 Å². The van der Waals surface area contributed by atoms with Gasteiger partial charge in [-0.05, 0) is 128 Å². The highest BCUT2D eigenvalue weighted by atomic mass is 32.2.